The van der Waals surface area contributed by atoms with Gasteiger partial charge in [0, 0.05) is 14.2 Å². The van der Waals surface area contributed by atoms with Crippen LogP contribution < -0.4 is 0 Å². The Hall–Kier alpha value is 0.227. The standard InChI is InChI=1S/C8H18O2SSi/c1-5-11-7-6-8-12(4,9-2)10-3/h5H,1,6-8H2,2-4H3. The average molecular weight is 206 g/mol. The smallest absolute Gasteiger partial charge is 0.334 e. The summed E-state index contributed by atoms with van der Waals surface area (Å²) in [5.41, 5.74) is 0. The van der Waals surface area contributed by atoms with Crippen LogP contribution in [0.2, 0.25) is 12.6 Å². The lowest BCUT2D eigenvalue weighted by molar-refractivity contribution is 0.249. The van der Waals surface area contributed by atoms with Gasteiger partial charge in [-0.25, -0.2) is 0 Å². The summed E-state index contributed by atoms with van der Waals surface area (Å²) >= 11 is 1.74. The summed E-state index contributed by atoms with van der Waals surface area (Å²) in [5, 5.41) is 1.87. The van der Waals surface area contributed by atoms with E-state index in [2.05, 4.69) is 13.1 Å². The fourth-order valence-electron chi connectivity index (χ4n) is 0.847. The van der Waals surface area contributed by atoms with Gasteiger partial charge in [0.2, 0.25) is 0 Å². The van der Waals surface area contributed by atoms with Gasteiger partial charge in [-0.15, -0.1) is 11.8 Å². The van der Waals surface area contributed by atoms with Gasteiger partial charge in [0.15, 0.2) is 0 Å². The zero-order chi connectivity index (χ0) is 9.45. The first kappa shape index (κ1) is 12.2. The Bertz CT molecular complexity index is 126. The van der Waals surface area contributed by atoms with E-state index in [1.807, 2.05) is 5.41 Å². The molecule has 72 valence electrons. The Morgan fingerprint density at radius 2 is 2.00 bits per heavy atom. The van der Waals surface area contributed by atoms with Crippen molar-refractivity contribution < 1.29 is 8.85 Å². The number of hydrogen-bond acceptors (Lipinski definition) is 3. The highest BCUT2D eigenvalue weighted by Gasteiger charge is 2.27. The van der Waals surface area contributed by atoms with E-state index in [0.29, 0.717) is 0 Å². The molecule has 0 aromatic heterocycles. The molecular formula is C8H18O2SSi. The molecule has 0 aliphatic rings. The van der Waals surface area contributed by atoms with Crippen molar-refractivity contribution in [2.75, 3.05) is 20.0 Å². The minimum atomic E-state index is -1.79. The van der Waals surface area contributed by atoms with E-state index in [4.69, 9.17) is 8.85 Å². The molecule has 0 N–H and O–H groups in total. The molecule has 0 aromatic carbocycles. The lowest BCUT2D eigenvalue weighted by Crippen LogP contribution is -2.35. The highest BCUT2D eigenvalue weighted by molar-refractivity contribution is 8.02. The molecule has 0 heterocycles. The molecule has 0 aromatic rings. The maximum Gasteiger partial charge on any atom is 0.334 e. The first-order valence-corrected chi connectivity index (χ1v) is 7.58. The van der Waals surface area contributed by atoms with Gasteiger partial charge < -0.3 is 8.85 Å². The van der Waals surface area contributed by atoms with E-state index in [1.54, 1.807) is 26.0 Å². The fourth-order valence-corrected chi connectivity index (χ4v) is 2.98. The lowest BCUT2D eigenvalue weighted by atomic mass is 10.6. The molecule has 0 rings (SSSR count). The number of thioether (sulfide) groups is 1. The van der Waals surface area contributed by atoms with Crippen LogP contribution in [0.1, 0.15) is 6.42 Å². The third-order valence-electron chi connectivity index (χ3n) is 1.87. The second kappa shape index (κ2) is 6.71. The molecule has 0 unspecified atom stereocenters. The van der Waals surface area contributed by atoms with Crippen LogP contribution in [-0.4, -0.2) is 28.5 Å². The van der Waals surface area contributed by atoms with Crippen LogP contribution in [0.25, 0.3) is 0 Å². The molecule has 2 nitrogen and oxygen atoms in total. The van der Waals surface area contributed by atoms with Gasteiger partial charge >= 0.3 is 8.56 Å². The molecular weight excluding hydrogens is 188 g/mol. The highest BCUT2D eigenvalue weighted by Crippen LogP contribution is 2.16. The van der Waals surface area contributed by atoms with E-state index < -0.39 is 8.56 Å². The van der Waals surface area contributed by atoms with E-state index in [0.717, 1.165) is 18.2 Å². The third kappa shape index (κ3) is 4.98. The molecule has 0 spiro atoms. The summed E-state index contributed by atoms with van der Waals surface area (Å²) in [6.07, 6.45) is 1.14. The van der Waals surface area contributed by atoms with Crippen LogP contribution in [-0.2, 0) is 8.85 Å². The van der Waals surface area contributed by atoms with Crippen molar-refractivity contribution in [2.24, 2.45) is 0 Å². The predicted molar refractivity (Wildman–Crippen MR) is 57.7 cm³/mol. The maximum atomic E-state index is 5.35. The zero-order valence-corrected chi connectivity index (χ0v) is 9.95. The molecule has 0 aliphatic heterocycles. The molecule has 0 aliphatic carbocycles. The van der Waals surface area contributed by atoms with Crippen molar-refractivity contribution in [1.29, 1.82) is 0 Å². The maximum absolute atomic E-state index is 5.35. The Morgan fingerprint density at radius 1 is 1.42 bits per heavy atom. The zero-order valence-electron chi connectivity index (χ0n) is 8.13. The lowest BCUT2D eigenvalue weighted by Gasteiger charge is -2.22. The molecule has 12 heavy (non-hydrogen) atoms. The van der Waals surface area contributed by atoms with Crippen molar-refractivity contribution in [2.45, 2.75) is 19.0 Å². The van der Waals surface area contributed by atoms with Gasteiger partial charge in [0.05, 0.1) is 0 Å². The van der Waals surface area contributed by atoms with E-state index in [1.165, 1.54) is 0 Å². The van der Waals surface area contributed by atoms with E-state index in [9.17, 15) is 0 Å². The summed E-state index contributed by atoms with van der Waals surface area (Å²) in [4.78, 5) is 0. The SMILES string of the molecule is C=CSCCC[Si](C)(OC)OC. The first-order valence-electron chi connectivity index (χ1n) is 4.01. The Kier molecular flexibility index (Phi) is 6.84. The molecule has 0 radical (unpaired) electrons. The molecule has 0 bridgehead atoms. The van der Waals surface area contributed by atoms with E-state index in [-0.39, 0.29) is 0 Å². The third-order valence-corrected chi connectivity index (χ3v) is 5.62. The van der Waals surface area contributed by atoms with Gasteiger partial charge in [0.25, 0.3) is 0 Å². The topological polar surface area (TPSA) is 18.5 Å². The van der Waals surface area contributed by atoms with Crippen LogP contribution in [0.4, 0.5) is 0 Å². The van der Waals surface area contributed by atoms with Crippen LogP contribution in [0.5, 0.6) is 0 Å². The molecule has 0 saturated carbocycles. The van der Waals surface area contributed by atoms with Crippen molar-refractivity contribution >= 4 is 20.3 Å². The quantitative estimate of drug-likeness (QED) is 0.471. The van der Waals surface area contributed by atoms with Gasteiger partial charge in [0.1, 0.15) is 0 Å². The first-order chi connectivity index (χ1) is 5.68. The second-order valence-electron chi connectivity index (χ2n) is 2.68. The van der Waals surface area contributed by atoms with Gasteiger partial charge in [-0.2, -0.15) is 0 Å². The highest BCUT2D eigenvalue weighted by atomic mass is 32.2. The Morgan fingerprint density at radius 3 is 2.42 bits per heavy atom. The summed E-state index contributed by atoms with van der Waals surface area (Å²) in [7, 11) is 1.67. The van der Waals surface area contributed by atoms with Gasteiger partial charge in [-0.3, -0.25) is 0 Å². The number of rotatable bonds is 7. The minimum absolute atomic E-state index is 1.06. The predicted octanol–water partition coefficient (Wildman–Crippen LogP) is 2.62. The number of hydrogen-bond donors (Lipinski definition) is 0. The monoisotopic (exact) mass is 206 g/mol. The Labute approximate surface area is 80.6 Å². The molecule has 4 heteroatoms. The second-order valence-corrected chi connectivity index (χ2v) is 7.34. The van der Waals surface area contributed by atoms with Crippen LogP contribution in [0.3, 0.4) is 0 Å². The summed E-state index contributed by atoms with van der Waals surface area (Å²) in [5.74, 6) is 1.11. The van der Waals surface area contributed by atoms with Crippen LogP contribution in [0, 0.1) is 0 Å². The van der Waals surface area contributed by atoms with Gasteiger partial charge in [-0.05, 0) is 30.2 Å². The largest absolute Gasteiger partial charge is 0.398 e. The average Bonchev–Trinajstić information content (AvgIpc) is 2.12. The summed E-state index contributed by atoms with van der Waals surface area (Å²) in [6, 6.07) is 1.06. The summed E-state index contributed by atoms with van der Waals surface area (Å²) in [6.45, 7) is 5.74. The van der Waals surface area contributed by atoms with Crippen molar-refractivity contribution in [3.05, 3.63) is 12.0 Å². The minimum Gasteiger partial charge on any atom is -0.398 e. The van der Waals surface area contributed by atoms with E-state index >= 15 is 0 Å². The molecule has 0 atom stereocenters. The molecule has 0 saturated heterocycles. The Balaban J connectivity index is 3.51. The van der Waals surface area contributed by atoms with Crippen LogP contribution in [0.15, 0.2) is 12.0 Å². The van der Waals surface area contributed by atoms with Crippen molar-refractivity contribution in [1.82, 2.24) is 0 Å². The van der Waals surface area contributed by atoms with Crippen molar-refractivity contribution in [3.8, 4) is 0 Å². The fraction of sp³-hybridized carbons (Fsp3) is 0.750. The molecule has 0 amide bonds. The molecule has 0 fully saturated rings. The normalized spacial score (nSPS) is 11.6. The van der Waals surface area contributed by atoms with Gasteiger partial charge in [-0.1, -0.05) is 6.58 Å². The van der Waals surface area contributed by atoms with Crippen molar-refractivity contribution in [3.63, 3.8) is 0 Å². The summed E-state index contributed by atoms with van der Waals surface area (Å²) < 4.78 is 10.7. The van der Waals surface area contributed by atoms with Crippen LogP contribution >= 0.6 is 11.8 Å².